The maximum absolute atomic E-state index is 11.9. The minimum absolute atomic E-state index is 0.0390. The number of halogens is 1. The number of sulfonamides is 1. The van der Waals surface area contributed by atoms with Crippen LogP contribution in [0.5, 0.6) is 0 Å². The van der Waals surface area contributed by atoms with Gasteiger partial charge >= 0.3 is 0 Å². The lowest BCUT2D eigenvalue weighted by Gasteiger charge is -2.08. The van der Waals surface area contributed by atoms with Gasteiger partial charge < -0.3 is 5.32 Å². The van der Waals surface area contributed by atoms with Crippen LogP contribution in [0.25, 0.3) is 0 Å². The second-order valence-electron chi connectivity index (χ2n) is 4.76. The number of benzene rings is 1. The molecule has 1 aromatic heterocycles. The first-order chi connectivity index (χ1) is 11.0. The quantitative estimate of drug-likeness (QED) is 0.743. The first-order valence-electron chi connectivity index (χ1n) is 6.86. The van der Waals surface area contributed by atoms with Gasteiger partial charge in [-0.15, -0.1) is 0 Å². The fourth-order valence-corrected chi connectivity index (χ4v) is 2.94. The van der Waals surface area contributed by atoms with Gasteiger partial charge in [-0.25, -0.2) is 13.1 Å². The number of carbonyl (C=O) groups excluding carboxylic acids is 1. The van der Waals surface area contributed by atoms with Crippen LogP contribution in [0.2, 0.25) is 0 Å². The second kappa shape index (κ2) is 8.19. The molecule has 1 amide bonds. The fourth-order valence-electron chi connectivity index (χ4n) is 1.77. The highest BCUT2D eigenvalue weighted by Gasteiger charge is 2.11. The van der Waals surface area contributed by atoms with Crippen LogP contribution in [0.15, 0.2) is 53.3 Å². The van der Waals surface area contributed by atoms with Crippen molar-refractivity contribution in [2.75, 3.05) is 12.3 Å². The van der Waals surface area contributed by atoms with E-state index in [4.69, 9.17) is 0 Å². The van der Waals surface area contributed by atoms with Crippen LogP contribution in [0.3, 0.4) is 0 Å². The molecule has 0 radical (unpaired) electrons. The van der Waals surface area contributed by atoms with E-state index in [9.17, 15) is 13.2 Å². The molecular weight excluding hydrogens is 382 g/mol. The number of nitrogens with zero attached hydrogens (tertiary/aromatic N) is 1. The molecular formula is C15H16BrN3O3S. The predicted octanol–water partition coefficient (Wildman–Crippen LogP) is 1.69. The molecule has 0 atom stereocenters. The van der Waals surface area contributed by atoms with E-state index in [0.717, 1.165) is 10.0 Å². The third-order valence-electron chi connectivity index (χ3n) is 2.98. The smallest absolute Gasteiger partial charge is 0.251 e. The normalized spacial score (nSPS) is 11.2. The Hall–Kier alpha value is -1.77. The number of carbonyl (C=O) groups is 1. The van der Waals surface area contributed by atoms with Crippen molar-refractivity contribution in [3.63, 3.8) is 0 Å². The molecule has 1 aromatic carbocycles. The van der Waals surface area contributed by atoms with Gasteiger partial charge in [-0.1, -0.05) is 22.0 Å². The van der Waals surface area contributed by atoms with Crippen molar-refractivity contribution >= 4 is 31.9 Å². The SMILES string of the molecule is O=C(NCCS(=O)(=O)NCc1cccnc1)c1ccc(Br)cc1. The summed E-state index contributed by atoms with van der Waals surface area (Å²) >= 11 is 3.29. The largest absolute Gasteiger partial charge is 0.351 e. The molecule has 2 rings (SSSR count). The lowest BCUT2D eigenvalue weighted by molar-refractivity contribution is 0.0956. The van der Waals surface area contributed by atoms with E-state index in [2.05, 4.69) is 31.0 Å². The summed E-state index contributed by atoms with van der Waals surface area (Å²) in [5, 5.41) is 2.59. The van der Waals surface area contributed by atoms with Gasteiger partial charge in [0.05, 0.1) is 5.75 Å². The third kappa shape index (κ3) is 6.09. The minimum Gasteiger partial charge on any atom is -0.351 e. The molecule has 122 valence electrons. The Morgan fingerprint density at radius 2 is 1.91 bits per heavy atom. The average molecular weight is 398 g/mol. The number of rotatable bonds is 7. The van der Waals surface area contributed by atoms with Gasteiger partial charge in [0, 0.05) is 35.5 Å². The van der Waals surface area contributed by atoms with Gasteiger partial charge in [0.25, 0.3) is 5.91 Å². The van der Waals surface area contributed by atoms with Crippen molar-refractivity contribution in [1.82, 2.24) is 15.0 Å². The third-order valence-corrected chi connectivity index (χ3v) is 4.84. The van der Waals surface area contributed by atoms with Crippen LogP contribution < -0.4 is 10.0 Å². The van der Waals surface area contributed by atoms with Gasteiger partial charge in [-0.2, -0.15) is 0 Å². The molecule has 1 heterocycles. The average Bonchev–Trinajstić information content (AvgIpc) is 2.54. The lowest BCUT2D eigenvalue weighted by atomic mass is 10.2. The van der Waals surface area contributed by atoms with E-state index in [1.54, 1.807) is 48.8 Å². The molecule has 8 heteroatoms. The monoisotopic (exact) mass is 397 g/mol. The molecule has 0 saturated heterocycles. The number of pyridine rings is 1. The molecule has 0 spiro atoms. The summed E-state index contributed by atoms with van der Waals surface area (Å²) < 4.78 is 27.1. The minimum atomic E-state index is -3.46. The molecule has 0 unspecified atom stereocenters. The standard InChI is InChI=1S/C15H16BrN3O3S/c16-14-5-3-13(4-6-14)15(20)18-8-9-23(21,22)19-11-12-2-1-7-17-10-12/h1-7,10,19H,8-9,11H2,(H,18,20). The van der Waals surface area contributed by atoms with Crippen LogP contribution in [-0.2, 0) is 16.6 Å². The van der Waals surface area contributed by atoms with Gasteiger partial charge in [0.1, 0.15) is 0 Å². The summed E-state index contributed by atoms with van der Waals surface area (Å²) in [5.74, 6) is -0.491. The van der Waals surface area contributed by atoms with Crippen LogP contribution in [0.4, 0.5) is 0 Å². The summed E-state index contributed by atoms with van der Waals surface area (Å²) in [6, 6.07) is 10.3. The zero-order valence-electron chi connectivity index (χ0n) is 12.2. The second-order valence-corrected chi connectivity index (χ2v) is 7.61. The highest BCUT2D eigenvalue weighted by molar-refractivity contribution is 9.10. The van der Waals surface area contributed by atoms with Crippen LogP contribution in [-0.4, -0.2) is 31.6 Å². The van der Waals surface area contributed by atoms with Crippen molar-refractivity contribution in [3.8, 4) is 0 Å². The Bertz CT molecular complexity index is 749. The van der Waals surface area contributed by atoms with Crippen molar-refractivity contribution in [1.29, 1.82) is 0 Å². The zero-order chi connectivity index (χ0) is 16.7. The van der Waals surface area contributed by atoms with E-state index in [-0.39, 0.29) is 24.7 Å². The zero-order valence-corrected chi connectivity index (χ0v) is 14.6. The van der Waals surface area contributed by atoms with Gasteiger partial charge in [0.15, 0.2) is 0 Å². The Labute approximate surface area is 143 Å². The maximum atomic E-state index is 11.9. The Balaban J connectivity index is 1.78. The topological polar surface area (TPSA) is 88.2 Å². The molecule has 23 heavy (non-hydrogen) atoms. The first kappa shape index (κ1) is 17.6. The molecule has 2 aromatic rings. The van der Waals surface area contributed by atoms with Crippen molar-refractivity contribution < 1.29 is 13.2 Å². The first-order valence-corrected chi connectivity index (χ1v) is 9.31. The highest BCUT2D eigenvalue weighted by atomic mass is 79.9. The number of hydrogen-bond acceptors (Lipinski definition) is 4. The van der Waals surface area contributed by atoms with E-state index < -0.39 is 10.0 Å². The summed E-state index contributed by atoms with van der Waals surface area (Å²) in [6.07, 6.45) is 3.22. The number of nitrogens with one attached hydrogen (secondary N) is 2. The maximum Gasteiger partial charge on any atom is 0.251 e. The van der Waals surface area contributed by atoms with Crippen LogP contribution in [0.1, 0.15) is 15.9 Å². The number of hydrogen-bond donors (Lipinski definition) is 2. The summed E-state index contributed by atoms with van der Waals surface area (Å²) in [4.78, 5) is 15.8. The lowest BCUT2D eigenvalue weighted by Crippen LogP contribution is -2.34. The highest BCUT2D eigenvalue weighted by Crippen LogP contribution is 2.10. The van der Waals surface area contributed by atoms with Crippen LogP contribution in [0, 0.1) is 0 Å². The van der Waals surface area contributed by atoms with Gasteiger partial charge in [-0.3, -0.25) is 9.78 Å². The Morgan fingerprint density at radius 1 is 1.17 bits per heavy atom. The predicted molar refractivity (Wildman–Crippen MR) is 91.3 cm³/mol. The molecule has 0 fully saturated rings. The van der Waals surface area contributed by atoms with Crippen LogP contribution >= 0.6 is 15.9 Å². The van der Waals surface area contributed by atoms with E-state index >= 15 is 0 Å². The van der Waals surface area contributed by atoms with E-state index in [1.807, 2.05) is 0 Å². The molecule has 0 aliphatic carbocycles. The van der Waals surface area contributed by atoms with E-state index in [0.29, 0.717) is 5.56 Å². The Morgan fingerprint density at radius 3 is 2.57 bits per heavy atom. The number of amides is 1. The summed E-state index contributed by atoms with van der Waals surface area (Å²) in [5.41, 5.74) is 1.25. The summed E-state index contributed by atoms with van der Waals surface area (Å²) in [7, 11) is -3.46. The molecule has 0 aliphatic heterocycles. The fraction of sp³-hybridized carbons (Fsp3) is 0.200. The number of aromatic nitrogens is 1. The molecule has 2 N–H and O–H groups in total. The molecule has 0 saturated carbocycles. The molecule has 6 nitrogen and oxygen atoms in total. The van der Waals surface area contributed by atoms with Gasteiger partial charge in [-0.05, 0) is 35.9 Å². The van der Waals surface area contributed by atoms with Gasteiger partial charge in [0.2, 0.25) is 10.0 Å². The van der Waals surface area contributed by atoms with Crippen molar-refractivity contribution in [3.05, 3.63) is 64.4 Å². The Kier molecular flexibility index (Phi) is 6.26. The molecule has 0 aliphatic rings. The summed E-state index contributed by atoms with van der Waals surface area (Å²) in [6.45, 7) is 0.216. The van der Waals surface area contributed by atoms with Crippen molar-refractivity contribution in [2.45, 2.75) is 6.54 Å². The van der Waals surface area contributed by atoms with Crippen molar-refractivity contribution in [2.24, 2.45) is 0 Å². The van der Waals surface area contributed by atoms with E-state index in [1.165, 1.54) is 0 Å². The molecule has 0 bridgehead atoms.